The van der Waals surface area contributed by atoms with Gasteiger partial charge in [-0.3, -0.25) is 9.59 Å². The van der Waals surface area contributed by atoms with E-state index in [1.807, 2.05) is 0 Å². The Bertz CT molecular complexity index is 266. The van der Waals surface area contributed by atoms with Crippen LogP contribution in [-0.2, 0) is 0 Å². The van der Waals surface area contributed by atoms with Crippen molar-refractivity contribution in [2.75, 3.05) is 0 Å². The number of aromatic amines is 1. The third kappa shape index (κ3) is 1.10. The monoisotopic (exact) mass is 141 g/mol. The molecule has 1 aromatic rings. The summed E-state index contributed by atoms with van der Waals surface area (Å²) in [6.45, 7) is 0. The molecule has 0 spiro atoms. The highest BCUT2D eigenvalue weighted by Crippen LogP contribution is 2.01. The average molecular weight is 141 g/mol. The quantitative estimate of drug-likeness (QED) is 0.492. The van der Waals surface area contributed by atoms with Gasteiger partial charge in [0.05, 0.1) is 0 Å². The average Bonchev–Trinajstić information content (AvgIpc) is 2.34. The van der Waals surface area contributed by atoms with E-state index in [4.69, 9.17) is 0 Å². The van der Waals surface area contributed by atoms with Gasteiger partial charge in [-0.2, -0.15) is 4.39 Å². The van der Waals surface area contributed by atoms with Crippen molar-refractivity contribution in [3.63, 3.8) is 0 Å². The Balaban J connectivity index is 2.98. The van der Waals surface area contributed by atoms with Crippen molar-refractivity contribution in [3.8, 4) is 0 Å². The Labute approximate surface area is 55.9 Å². The van der Waals surface area contributed by atoms with Crippen LogP contribution in [0.4, 0.5) is 4.39 Å². The van der Waals surface area contributed by atoms with Crippen LogP contribution in [0.15, 0.2) is 12.3 Å². The first-order valence-corrected chi connectivity index (χ1v) is 2.57. The molecule has 10 heavy (non-hydrogen) atoms. The second-order valence-corrected chi connectivity index (χ2v) is 1.74. The van der Waals surface area contributed by atoms with Crippen molar-refractivity contribution in [3.05, 3.63) is 23.5 Å². The molecule has 1 heterocycles. The van der Waals surface area contributed by atoms with Crippen molar-refractivity contribution >= 4 is 12.3 Å². The summed E-state index contributed by atoms with van der Waals surface area (Å²) in [7, 11) is 0. The molecule has 0 amide bonds. The van der Waals surface area contributed by atoms with Gasteiger partial charge in [-0.05, 0) is 6.07 Å². The smallest absolute Gasteiger partial charge is 0.348 e. The van der Waals surface area contributed by atoms with E-state index in [2.05, 4.69) is 4.98 Å². The van der Waals surface area contributed by atoms with Gasteiger partial charge in [0.15, 0.2) is 6.29 Å². The molecule has 0 aliphatic carbocycles. The van der Waals surface area contributed by atoms with Crippen LogP contribution in [0.5, 0.6) is 0 Å². The van der Waals surface area contributed by atoms with E-state index < -0.39 is 6.04 Å². The molecule has 0 aliphatic heterocycles. The fourth-order valence-corrected chi connectivity index (χ4v) is 0.593. The van der Waals surface area contributed by atoms with E-state index >= 15 is 0 Å². The van der Waals surface area contributed by atoms with Crippen LogP contribution < -0.4 is 0 Å². The van der Waals surface area contributed by atoms with Gasteiger partial charge in [-0.1, -0.05) is 0 Å². The van der Waals surface area contributed by atoms with Crippen LogP contribution >= 0.6 is 0 Å². The predicted molar refractivity (Wildman–Crippen MR) is 31.6 cm³/mol. The number of nitrogens with one attached hydrogen (secondary N) is 1. The molecule has 1 rings (SSSR count). The second-order valence-electron chi connectivity index (χ2n) is 1.74. The second kappa shape index (κ2) is 2.43. The topological polar surface area (TPSA) is 49.9 Å². The number of hydrogen-bond donors (Lipinski definition) is 1. The number of carbonyl (C=O) groups excluding carboxylic acids is 2. The van der Waals surface area contributed by atoms with E-state index in [-0.39, 0.29) is 11.3 Å². The van der Waals surface area contributed by atoms with Crippen molar-refractivity contribution in [1.29, 1.82) is 0 Å². The summed E-state index contributed by atoms with van der Waals surface area (Å²) in [5.74, 6) is 0. The SMILES string of the molecule is O=Cc1c[nH]c(C(=O)F)c1. The van der Waals surface area contributed by atoms with Gasteiger partial charge in [0, 0.05) is 11.8 Å². The van der Waals surface area contributed by atoms with Crippen LogP contribution in [0.3, 0.4) is 0 Å². The predicted octanol–water partition coefficient (Wildman–Crippen LogP) is 0.937. The van der Waals surface area contributed by atoms with Crippen LogP contribution in [0.1, 0.15) is 20.8 Å². The Kier molecular flexibility index (Phi) is 1.62. The highest BCUT2D eigenvalue weighted by Gasteiger charge is 2.04. The molecule has 0 saturated heterocycles. The van der Waals surface area contributed by atoms with Crippen LogP contribution in [0.25, 0.3) is 0 Å². The molecular weight excluding hydrogens is 137 g/mol. The molecule has 0 saturated carbocycles. The molecule has 0 aromatic carbocycles. The summed E-state index contributed by atoms with van der Waals surface area (Å²) in [5.41, 5.74) is 0.0723. The summed E-state index contributed by atoms with van der Waals surface area (Å²) < 4.78 is 11.8. The number of rotatable bonds is 2. The van der Waals surface area contributed by atoms with E-state index in [0.29, 0.717) is 6.29 Å². The van der Waals surface area contributed by atoms with Gasteiger partial charge in [0.25, 0.3) is 0 Å². The Morgan fingerprint density at radius 2 is 2.40 bits per heavy atom. The fraction of sp³-hybridized carbons (Fsp3) is 0. The van der Waals surface area contributed by atoms with Gasteiger partial charge in [0.2, 0.25) is 0 Å². The van der Waals surface area contributed by atoms with Crippen molar-refractivity contribution in [2.45, 2.75) is 0 Å². The van der Waals surface area contributed by atoms with Gasteiger partial charge in [-0.15, -0.1) is 0 Å². The first kappa shape index (κ1) is 6.67. The Hall–Kier alpha value is -1.45. The molecular formula is C6H4FNO2. The number of carbonyl (C=O) groups is 2. The van der Waals surface area contributed by atoms with Crippen molar-refractivity contribution in [2.24, 2.45) is 0 Å². The maximum Gasteiger partial charge on any atom is 0.348 e. The molecule has 0 aliphatic rings. The minimum Gasteiger partial charge on any atom is -0.356 e. The summed E-state index contributed by atoms with van der Waals surface area (Å²) >= 11 is 0. The number of H-pyrrole nitrogens is 1. The zero-order valence-corrected chi connectivity index (χ0v) is 4.93. The molecule has 4 heteroatoms. The first-order chi connectivity index (χ1) is 4.74. The Morgan fingerprint density at radius 1 is 1.70 bits per heavy atom. The molecule has 1 aromatic heterocycles. The third-order valence-electron chi connectivity index (χ3n) is 1.05. The summed E-state index contributed by atoms with van der Waals surface area (Å²) in [6, 6.07) is -0.414. The summed E-state index contributed by atoms with van der Waals surface area (Å²) in [4.78, 5) is 22.2. The fourth-order valence-electron chi connectivity index (χ4n) is 0.593. The normalized spacial score (nSPS) is 9.30. The first-order valence-electron chi connectivity index (χ1n) is 2.57. The molecule has 3 nitrogen and oxygen atoms in total. The van der Waals surface area contributed by atoms with Crippen molar-refractivity contribution < 1.29 is 14.0 Å². The maximum absolute atomic E-state index is 11.8. The molecule has 0 unspecified atom stereocenters. The van der Waals surface area contributed by atoms with Gasteiger partial charge in [0.1, 0.15) is 5.69 Å². The number of aldehydes is 1. The lowest BCUT2D eigenvalue weighted by atomic mass is 10.3. The van der Waals surface area contributed by atoms with E-state index in [1.54, 1.807) is 0 Å². The number of halogens is 1. The van der Waals surface area contributed by atoms with E-state index in [9.17, 15) is 14.0 Å². The lowest BCUT2D eigenvalue weighted by molar-refractivity contribution is 0.0831. The van der Waals surface area contributed by atoms with Crippen LogP contribution in [0.2, 0.25) is 0 Å². The summed E-state index contributed by atoms with van der Waals surface area (Å²) in [5, 5.41) is 0. The lowest BCUT2D eigenvalue weighted by Gasteiger charge is -1.77. The van der Waals surface area contributed by atoms with Gasteiger partial charge < -0.3 is 4.98 Å². The molecule has 0 radical (unpaired) electrons. The largest absolute Gasteiger partial charge is 0.356 e. The van der Waals surface area contributed by atoms with Gasteiger partial charge in [-0.25, -0.2) is 0 Å². The highest BCUT2D eigenvalue weighted by molar-refractivity contribution is 5.89. The number of aromatic nitrogens is 1. The molecule has 0 fully saturated rings. The molecule has 52 valence electrons. The zero-order chi connectivity index (χ0) is 7.56. The number of hydrogen-bond acceptors (Lipinski definition) is 2. The minimum atomic E-state index is -1.56. The van der Waals surface area contributed by atoms with Crippen LogP contribution in [0, 0.1) is 0 Å². The van der Waals surface area contributed by atoms with Crippen molar-refractivity contribution in [1.82, 2.24) is 4.98 Å². The molecule has 0 bridgehead atoms. The van der Waals surface area contributed by atoms with Gasteiger partial charge >= 0.3 is 6.04 Å². The maximum atomic E-state index is 11.8. The van der Waals surface area contributed by atoms with Crippen LogP contribution in [-0.4, -0.2) is 17.3 Å². The summed E-state index contributed by atoms with van der Waals surface area (Å²) in [6.07, 6.45) is 1.79. The standard InChI is InChI=1S/C6H4FNO2/c7-6(10)5-1-4(3-9)2-8-5/h1-3,8H. The molecule has 0 atom stereocenters. The molecule has 1 N–H and O–H groups in total. The lowest BCUT2D eigenvalue weighted by Crippen LogP contribution is -1.87. The van der Waals surface area contributed by atoms with E-state index in [1.165, 1.54) is 6.20 Å². The minimum absolute atomic E-state index is 0.192. The third-order valence-corrected chi connectivity index (χ3v) is 1.05. The highest BCUT2D eigenvalue weighted by atomic mass is 19.1. The van der Waals surface area contributed by atoms with E-state index in [0.717, 1.165) is 6.07 Å². The zero-order valence-electron chi connectivity index (χ0n) is 4.93. The Morgan fingerprint density at radius 3 is 2.70 bits per heavy atom.